The van der Waals surface area contributed by atoms with Gasteiger partial charge in [0.25, 0.3) is 5.91 Å². The van der Waals surface area contributed by atoms with E-state index in [-0.39, 0.29) is 18.1 Å². The van der Waals surface area contributed by atoms with Crippen LogP contribution in [0.1, 0.15) is 35.9 Å². The first-order valence-corrected chi connectivity index (χ1v) is 9.45. The average molecular weight is 428 g/mol. The number of nitrogens with one attached hydrogen (secondary N) is 2. The standard InChI is InChI=1S/C22H24N2O7/c1-3-30-19(12-13-20(27)24-29)21(16-6-10-18(26)11-7-16)31-22(28)23-17-8-4-15(5-9-17)14(2)25/h4-13,19,21,26,29H,3H2,1-2H3,(H,23,28)(H,24,27)/b13-12+/t19-,21-/m0/s1. The SMILES string of the molecule is CCO[C@@H](/C=C/C(=O)NO)[C@@H](OC(=O)Nc1ccc(C(C)=O)cc1)c1ccc(O)cc1. The van der Waals surface area contributed by atoms with E-state index in [4.69, 9.17) is 14.7 Å². The molecule has 2 aromatic rings. The molecule has 2 amide bonds. The van der Waals surface area contributed by atoms with Crippen molar-refractivity contribution in [3.8, 4) is 5.75 Å². The van der Waals surface area contributed by atoms with Crippen LogP contribution in [0.3, 0.4) is 0 Å². The maximum atomic E-state index is 12.5. The summed E-state index contributed by atoms with van der Waals surface area (Å²) in [4.78, 5) is 35.3. The van der Waals surface area contributed by atoms with Gasteiger partial charge in [-0.25, -0.2) is 10.3 Å². The first kappa shape index (κ1) is 23.6. The van der Waals surface area contributed by atoms with Gasteiger partial charge in [-0.15, -0.1) is 0 Å². The molecule has 0 aliphatic rings. The predicted octanol–water partition coefficient (Wildman–Crippen LogP) is 3.35. The summed E-state index contributed by atoms with van der Waals surface area (Å²) in [5.41, 5.74) is 2.91. The van der Waals surface area contributed by atoms with E-state index < -0.39 is 24.2 Å². The van der Waals surface area contributed by atoms with Gasteiger partial charge >= 0.3 is 6.09 Å². The summed E-state index contributed by atoms with van der Waals surface area (Å²) < 4.78 is 11.2. The molecule has 0 aromatic heterocycles. The Kier molecular flexibility index (Phi) is 8.74. The van der Waals surface area contributed by atoms with Crippen molar-refractivity contribution < 1.29 is 34.2 Å². The van der Waals surface area contributed by atoms with Crippen LogP contribution in [0.25, 0.3) is 0 Å². The van der Waals surface area contributed by atoms with Crippen LogP contribution in [0.4, 0.5) is 10.5 Å². The number of ketones is 1. The van der Waals surface area contributed by atoms with Gasteiger partial charge in [-0.05, 0) is 61.9 Å². The molecular weight excluding hydrogens is 404 g/mol. The molecule has 164 valence electrons. The monoisotopic (exact) mass is 428 g/mol. The molecule has 31 heavy (non-hydrogen) atoms. The molecule has 0 spiro atoms. The number of benzene rings is 2. The second-order valence-electron chi connectivity index (χ2n) is 6.43. The smallest absolute Gasteiger partial charge is 0.412 e. The summed E-state index contributed by atoms with van der Waals surface area (Å²) in [7, 11) is 0. The molecule has 0 radical (unpaired) electrons. The lowest BCUT2D eigenvalue weighted by atomic mass is 10.0. The summed E-state index contributed by atoms with van der Waals surface area (Å²) >= 11 is 0. The average Bonchev–Trinajstić information content (AvgIpc) is 2.76. The van der Waals surface area contributed by atoms with Gasteiger partial charge in [0.05, 0.1) is 0 Å². The minimum Gasteiger partial charge on any atom is -0.508 e. The van der Waals surface area contributed by atoms with Crippen LogP contribution < -0.4 is 10.8 Å². The summed E-state index contributed by atoms with van der Waals surface area (Å²) in [6, 6.07) is 12.3. The Morgan fingerprint density at radius 2 is 1.71 bits per heavy atom. The van der Waals surface area contributed by atoms with Gasteiger partial charge in [0, 0.05) is 23.9 Å². The summed E-state index contributed by atoms with van der Waals surface area (Å²) in [6.07, 6.45) is -0.229. The van der Waals surface area contributed by atoms with Crippen molar-refractivity contribution in [1.29, 1.82) is 0 Å². The van der Waals surface area contributed by atoms with Gasteiger partial charge in [-0.2, -0.15) is 0 Å². The molecule has 2 atom stereocenters. The normalized spacial score (nSPS) is 12.7. The zero-order valence-electron chi connectivity index (χ0n) is 17.1. The fraction of sp³-hybridized carbons (Fsp3) is 0.227. The Morgan fingerprint density at radius 3 is 2.26 bits per heavy atom. The summed E-state index contributed by atoms with van der Waals surface area (Å²) in [5.74, 6) is -0.843. The zero-order valence-corrected chi connectivity index (χ0v) is 17.1. The number of hydroxylamine groups is 1. The number of rotatable bonds is 9. The molecule has 9 heteroatoms. The van der Waals surface area contributed by atoms with Gasteiger partial charge < -0.3 is 14.6 Å². The van der Waals surface area contributed by atoms with Gasteiger partial charge in [0.1, 0.15) is 11.9 Å². The van der Waals surface area contributed by atoms with E-state index in [1.54, 1.807) is 43.3 Å². The fourth-order valence-corrected chi connectivity index (χ4v) is 2.70. The van der Waals surface area contributed by atoms with E-state index in [1.807, 2.05) is 0 Å². The Morgan fingerprint density at radius 1 is 1.06 bits per heavy atom. The Balaban J connectivity index is 2.25. The van der Waals surface area contributed by atoms with E-state index in [2.05, 4.69) is 5.32 Å². The van der Waals surface area contributed by atoms with E-state index >= 15 is 0 Å². The third kappa shape index (κ3) is 7.25. The van der Waals surface area contributed by atoms with E-state index in [0.717, 1.165) is 6.08 Å². The number of aromatic hydroxyl groups is 1. The first-order valence-electron chi connectivity index (χ1n) is 9.45. The Hall–Kier alpha value is -3.69. The van der Waals surface area contributed by atoms with Crippen LogP contribution >= 0.6 is 0 Å². The van der Waals surface area contributed by atoms with Crippen LogP contribution in [-0.2, 0) is 14.3 Å². The second-order valence-corrected chi connectivity index (χ2v) is 6.43. The van der Waals surface area contributed by atoms with Crippen LogP contribution in [-0.4, -0.2) is 40.8 Å². The number of Topliss-reactive ketones (excluding diaryl/α,β-unsaturated/α-hetero) is 1. The predicted molar refractivity (Wildman–Crippen MR) is 112 cm³/mol. The number of amides is 2. The third-order valence-corrected chi connectivity index (χ3v) is 4.20. The molecule has 0 aliphatic carbocycles. The Bertz CT molecular complexity index is 924. The van der Waals surface area contributed by atoms with Gasteiger partial charge in [-0.3, -0.25) is 20.1 Å². The molecule has 0 heterocycles. The molecule has 0 bridgehead atoms. The summed E-state index contributed by atoms with van der Waals surface area (Å²) in [6.45, 7) is 3.43. The molecule has 0 saturated heterocycles. The quantitative estimate of drug-likeness (QED) is 0.208. The van der Waals surface area contributed by atoms with Crippen molar-refractivity contribution in [2.24, 2.45) is 0 Å². The van der Waals surface area contributed by atoms with Crippen molar-refractivity contribution in [3.63, 3.8) is 0 Å². The highest BCUT2D eigenvalue weighted by Gasteiger charge is 2.26. The van der Waals surface area contributed by atoms with Gasteiger partial charge in [0.2, 0.25) is 0 Å². The molecular formula is C22H24N2O7. The van der Waals surface area contributed by atoms with E-state index in [0.29, 0.717) is 16.8 Å². The van der Waals surface area contributed by atoms with Crippen LogP contribution in [0, 0.1) is 0 Å². The lowest BCUT2D eigenvalue weighted by Crippen LogP contribution is -2.28. The largest absolute Gasteiger partial charge is 0.508 e. The minimum atomic E-state index is -0.972. The topological polar surface area (TPSA) is 134 Å². The van der Waals surface area contributed by atoms with Crippen LogP contribution in [0.5, 0.6) is 5.75 Å². The number of phenolic OH excluding ortho intramolecular Hbond substituents is 1. The van der Waals surface area contributed by atoms with Crippen LogP contribution in [0.2, 0.25) is 0 Å². The van der Waals surface area contributed by atoms with Gasteiger partial charge in [0.15, 0.2) is 11.9 Å². The fourth-order valence-electron chi connectivity index (χ4n) is 2.70. The maximum absolute atomic E-state index is 12.5. The lowest BCUT2D eigenvalue weighted by Gasteiger charge is -2.25. The van der Waals surface area contributed by atoms with Gasteiger partial charge in [-0.1, -0.05) is 12.1 Å². The number of hydrogen-bond donors (Lipinski definition) is 4. The van der Waals surface area contributed by atoms with Crippen molar-refractivity contribution in [2.75, 3.05) is 11.9 Å². The van der Waals surface area contributed by atoms with Crippen molar-refractivity contribution in [3.05, 3.63) is 71.8 Å². The number of anilines is 1. The molecule has 2 aromatic carbocycles. The lowest BCUT2D eigenvalue weighted by molar-refractivity contribution is -0.124. The number of ether oxygens (including phenoxy) is 2. The minimum absolute atomic E-state index is 0.0284. The highest BCUT2D eigenvalue weighted by molar-refractivity contribution is 5.95. The highest BCUT2D eigenvalue weighted by atomic mass is 16.6. The maximum Gasteiger partial charge on any atom is 0.412 e. The third-order valence-electron chi connectivity index (χ3n) is 4.20. The zero-order chi connectivity index (χ0) is 22.8. The van der Waals surface area contributed by atoms with E-state index in [9.17, 15) is 19.5 Å². The van der Waals surface area contributed by atoms with Crippen molar-refractivity contribution >= 4 is 23.5 Å². The Labute approximate surface area is 179 Å². The first-order chi connectivity index (χ1) is 14.8. The number of hydrogen-bond acceptors (Lipinski definition) is 7. The molecule has 2 rings (SSSR count). The number of carbonyl (C=O) groups excluding carboxylic acids is 3. The second kappa shape index (κ2) is 11.5. The number of carbonyl (C=O) groups is 3. The summed E-state index contributed by atoms with van der Waals surface area (Å²) in [5, 5.41) is 20.8. The molecule has 0 fully saturated rings. The molecule has 0 unspecified atom stereocenters. The van der Waals surface area contributed by atoms with Crippen molar-refractivity contribution in [1.82, 2.24) is 5.48 Å². The highest BCUT2D eigenvalue weighted by Crippen LogP contribution is 2.27. The molecule has 4 N–H and O–H groups in total. The molecule has 9 nitrogen and oxygen atoms in total. The molecule has 0 aliphatic heterocycles. The van der Waals surface area contributed by atoms with E-state index in [1.165, 1.54) is 30.6 Å². The van der Waals surface area contributed by atoms with Crippen molar-refractivity contribution in [2.45, 2.75) is 26.1 Å². The number of phenols is 1. The van der Waals surface area contributed by atoms with Crippen LogP contribution in [0.15, 0.2) is 60.7 Å². The molecule has 0 saturated carbocycles.